The SMILES string of the molecule is CC[C@H](C)[C@@H]([C@@H](CC(=O)N1CCC[C@H]1[C@H](OC)[C@@H](C)C(=O)N[C@H](Cc1ccccc1)c1nnc(-c2ccccc2)o1)OC)N(C)[C@H](C(=O)NC(=O)[C@@H](NC)C(C)C)C(C)C. The van der Waals surface area contributed by atoms with Gasteiger partial charge >= 0.3 is 0 Å². The van der Waals surface area contributed by atoms with Gasteiger partial charge in [-0.3, -0.25) is 29.4 Å². The Bertz CT molecular complexity index is 1810. The van der Waals surface area contributed by atoms with Gasteiger partial charge in [0, 0.05) is 38.8 Å². The number of carbonyl (C=O) groups excluding carboxylic acids is 4. The maximum absolute atomic E-state index is 14.4. The lowest BCUT2D eigenvalue weighted by Gasteiger charge is -2.43. The highest BCUT2D eigenvalue weighted by atomic mass is 16.5. The van der Waals surface area contributed by atoms with Gasteiger partial charge in [0.2, 0.25) is 35.4 Å². The van der Waals surface area contributed by atoms with Gasteiger partial charge in [0.1, 0.15) is 6.04 Å². The first-order valence-electron chi connectivity index (χ1n) is 21.5. The molecule has 1 fully saturated rings. The Morgan fingerprint density at radius 3 is 2.10 bits per heavy atom. The van der Waals surface area contributed by atoms with Crippen LogP contribution in [0.4, 0.5) is 0 Å². The molecule has 1 saturated heterocycles. The fourth-order valence-electron chi connectivity index (χ4n) is 8.80. The Hall–Kier alpha value is -4.50. The Kier molecular flexibility index (Phi) is 18.4. The van der Waals surface area contributed by atoms with E-state index >= 15 is 0 Å². The van der Waals surface area contributed by atoms with E-state index in [0.717, 1.165) is 24.0 Å². The second-order valence-corrected chi connectivity index (χ2v) is 16.9. The minimum Gasteiger partial charge on any atom is -0.418 e. The molecule has 14 heteroatoms. The smallest absolute Gasteiger partial charge is 0.247 e. The zero-order chi connectivity index (χ0) is 44.1. The second kappa shape index (κ2) is 22.9. The van der Waals surface area contributed by atoms with Crippen molar-refractivity contribution >= 4 is 23.6 Å². The number of likely N-dealkylation sites (N-methyl/N-ethyl adjacent to an activating group) is 2. The van der Waals surface area contributed by atoms with Crippen LogP contribution in [-0.2, 0) is 35.1 Å². The monoisotopic (exact) mass is 832 g/mol. The van der Waals surface area contributed by atoms with Crippen molar-refractivity contribution in [1.82, 2.24) is 35.9 Å². The second-order valence-electron chi connectivity index (χ2n) is 16.9. The lowest BCUT2D eigenvalue weighted by atomic mass is 9.87. The van der Waals surface area contributed by atoms with Gasteiger partial charge in [0.25, 0.3) is 0 Å². The van der Waals surface area contributed by atoms with E-state index in [0.29, 0.717) is 25.3 Å². The normalized spacial score (nSPS) is 18.4. The van der Waals surface area contributed by atoms with Crippen molar-refractivity contribution < 1.29 is 33.1 Å². The Morgan fingerprint density at radius 2 is 1.53 bits per heavy atom. The molecule has 330 valence electrons. The van der Waals surface area contributed by atoms with Gasteiger partial charge in [-0.15, -0.1) is 10.2 Å². The van der Waals surface area contributed by atoms with E-state index in [9.17, 15) is 19.2 Å². The number of nitrogens with one attached hydrogen (secondary N) is 3. The number of hydrogen-bond acceptors (Lipinski definition) is 11. The molecular formula is C46H69N7O7. The van der Waals surface area contributed by atoms with Crippen LogP contribution < -0.4 is 16.0 Å². The molecule has 0 unspecified atom stereocenters. The van der Waals surface area contributed by atoms with Crippen LogP contribution in [0.5, 0.6) is 0 Å². The van der Waals surface area contributed by atoms with Crippen molar-refractivity contribution in [3.63, 3.8) is 0 Å². The van der Waals surface area contributed by atoms with Gasteiger partial charge in [-0.05, 0) is 62.4 Å². The van der Waals surface area contributed by atoms with Gasteiger partial charge in [-0.25, -0.2) is 0 Å². The lowest BCUT2D eigenvalue weighted by Crippen LogP contribution is -2.60. The molecule has 0 bridgehead atoms. The van der Waals surface area contributed by atoms with E-state index in [2.05, 4.69) is 40.0 Å². The van der Waals surface area contributed by atoms with Crippen LogP contribution in [-0.4, -0.2) is 115 Å². The zero-order valence-electron chi connectivity index (χ0n) is 37.5. The molecule has 0 spiro atoms. The molecule has 4 amide bonds. The number of imide groups is 1. The minimum absolute atomic E-state index is 0.0129. The molecule has 2 heterocycles. The number of nitrogens with zero attached hydrogens (tertiary/aromatic N) is 4. The van der Waals surface area contributed by atoms with E-state index < -0.39 is 36.3 Å². The van der Waals surface area contributed by atoms with Crippen molar-refractivity contribution in [2.45, 2.75) is 123 Å². The van der Waals surface area contributed by atoms with E-state index in [1.807, 2.05) is 112 Å². The molecule has 0 saturated carbocycles. The molecule has 2 aromatic carbocycles. The predicted molar refractivity (Wildman–Crippen MR) is 231 cm³/mol. The Morgan fingerprint density at radius 1 is 0.883 bits per heavy atom. The van der Waals surface area contributed by atoms with Crippen LogP contribution in [0, 0.1) is 23.7 Å². The van der Waals surface area contributed by atoms with Gasteiger partial charge in [-0.1, -0.05) is 103 Å². The summed E-state index contributed by atoms with van der Waals surface area (Å²) in [6, 6.07) is 16.8. The van der Waals surface area contributed by atoms with Crippen molar-refractivity contribution in [2.24, 2.45) is 23.7 Å². The third-order valence-corrected chi connectivity index (χ3v) is 12.1. The zero-order valence-corrected chi connectivity index (χ0v) is 37.5. The molecule has 0 aliphatic carbocycles. The minimum atomic E-state index is -0.662. The van der Waals surface area contributed by atoms with Gasteiger partial charge in [-0.2, -0.15) is 0 Å². The molecule has 3 N–H and O–H groups in total. The first kappa shape index (κ1) is 48.2. The molecule has 60 heavy (non-hydrogen) atoms. The highest BCUT2D eigenvalue weighted by Crippen LogP contribution is 2.31. The van der Waals surface area contributed by atoms with Crippen molar-refractivity contribution in [1.29, 1.82) is 0 Å². The third kappa shape index (κ3) is 12.1. The highest BCUT2D eigenvalue weighted by Gasteiger charge is 2.44. The number of aromatic nitrogens is 2. The summed E-state index contributed by atoms with van der Waals surface area (Å²) < 4.78 is 18.3. The van der Waals surface area contributed by atoms with Crippen molar-refractivity contribution in [3.05, 3.63) is 72.1 Å². The molecule has 14 nitrogen and oxygen atoms in total. The number of rotatable bonds is 22. The van der Waals surface area contributed by atoms with E-state index in [1.165, 1.54) is 0 Å². The van der Waals surface area contributed by atoms with E-state index in [4.69, 9.17) is 13.9 Å². The maximum Gasteiger partial charge on any atom is 0.247 e. The molecule has 1 aromatic heterocycles. The first-order valence-corrected chi connectivity index (χ1v) is 21.5. The summed E-state index contributed by atoms with van der Waals surface area (Å²) in [5.74, 6) is -1.25. The van der Waals surface area contributed by atoms with Crippen molar-refractivity contribution in [3.8, 4) is 11.5 Å². The quantitative estimate of drug-likeness (QED) is 0.118. The number of amides is 4. The Labute approximate surface area is 356 Å². The number of benzene rings is 2. The number of methoxy groups -OCH3 is 2. The van der Waals surface area contributed by atoms with Crippen LogP contribution in [0.25, 0.3) is 11.5 Å². The van der Waals surface area contributed by atoms with Crippen LogP contribution >= 0.6 is 0 Å². The summed E-state index contributed by atoms with van der Waals surface area (Å²) in [5.41, 5.74) is 1.77. The molecule has 1 aliphatic heterocycles. The van der Waals surface area contributed by atoms with Gasteiger partial charge in [0.15, 0.2) is 0 Å². The summed E-state index contributed by atoms with van der Waals surface area (Å²) in [6.45, 7) is 14.3. The summed E-state index contributed by atoms with van der Waals surface area (Å²) in [6.07, 6.45) is 1.50. The topological polar surface area (TPSA) is 168 Å². The molecule has 9 atom stereocenters. The fourth-order valence-corrected chi connectivity index (χ4v) is 8.80. The number of carbonyl (C=O) groups is 4. The molecule has 4 rings (SSSR count). The average Bonchev–Trinajstić information content (AvgIpc) is 3.92. The van der Waals surface area contributed by atoms with Crippen LogP contribution in [0.1, 0.15) is 91.6 Å². The number of ether oxygens (including phenoxy) is 2. The van der Waals surface area contributed by atoms with Crippen LogP contribution in [0.15, 0.2) is 65.1 Å². The average molecular weight is 832 g/mol. The van der Waals surface area contributed by atoms with Gasteiger partial charge < -0.3 is 29.4 Å². The Balaban J connectivity index is 1.52. The number of hydrogen-bond donors (Lipinski definition) is 3. The lowest BCUT2D eigenvalue weighted by molar-refractivity contribution is -0.144. The summed E-state index contributed by atoms with van der Waals surface area (Å²) in [4.78, 5) is 59.4. The largest absolute Gasteiger partial charge is 0.418 e. The van der Waals surface area contributed by atoms with Gasteiger partial charge in [0.05, 0.1) is 42.7 Å². The van der Waals surface area contributed by atoms with E-state index in [1.54, 1.807) is 21.3 Å². The fraction of sp³-hybridized carbons (Fsp3) is 0.609. The summed E-state index contributed by atoms with van der Waals surface area (Å²) in [7, 11) is 6.76. The standard InChI is InChI=1S/C46H69N7O7/c1-12-30(6)40(52(9)39(29(4)5)44(57)49-43(56)38(47-8)28(2)3)36(58-10)27-37(54)53-25-19-24-35(53)41(59-11)31(7)42(55)48-34(26-32-20-15-13-16-21-32)46-51-50-45(60-46)33-22-17-14-18-23-33/h13-18,20-23,28-31,34-36,38-41,47H,12,19,24-27H2,1-11H3,(H,48,55)(H,49,56,57)/t30-,31+,34+,35-,36+,38-,39-,40-,41+/m0/s1. The number of likely N-dealkylation sites (tertiary alicyclic amines) is 1. The molecular weight excluding hydrogens is 763 g/mol. The predicted octanol–water partition coefficient (Wildman–Crippen LogP) is 5.44. The van der Waals surface area contributed by atoms with Crippen LogP contribution in [0.3, 0.4) is 0 Å². The van der Waals surface area contributed by atoms with Crippen molar-refractivity contribution in [2.75, 3.05) is 34.9 Å². The third-order valence-electron chi connectivity index (χ3n) is 12.1. The maximum atomic E-state index is 14.4. The molecule has 3 aromatic rings. The molecule has 0 radical (unpaired) electrons. The first-order chi connectivity index (χ1) is 28.7. The highest BCUT2D eigenvalue weighted by molar-refractivity contribution is 6.00. The summed E-state index contributed by atoms with van der Waals surface area (Å²) >= 11 is 0. The van der Waals surface area contributed by atoms with Crippen LogP contribution in [0.2, 0.25) is 0 Å². The van der Waals surface area contributed by atoms with E-state index in [-0.39, 0.29) is 65.8 Å². The summed E-state index contributed by atoms with van der Waals surface area (Å²) in [5, 5.41) is 17.5. The molecule has 1 aliphatic rings.